The molecule has 1 aromatic rings. The van der Waals surface area contributed by atoms with Gasteiger partial charge < -0.3 is 0 Å². The standard InChI is InChI=1S/C11H16S/c1-4-9-6-7-10(5-2)11(8-9)12-3/h6-8H,4-5H2,1-3H3. The zero-order valence-electron chi connectivity index (χ0n) is 8.05. The van der Waals surface area contributed by atoms with Crippen molar-refractivity contribution in [3.05, 3.63) is 29.3 Å². The fourth-order valence-electron chi connectivity index (χ4n) is 1.30. The van der Waals surface area contributed by atoms with Gasteiger partial charge in [0.15, 0.2) is 0 Å². The Hall–Kier alpha value is -0.430. The van der Waals surface area contributed by atoms with Gasteiger partial charge in [0.2, 0.25) is 0 Å². The van der Waals surface area contributed by atoms with Crippen molar-refractivity contribution in [3.8, 4) is 0 Å². The van der Waals surface area contributed by atoms with Gasteiger partial charge in [-0.3, -0.25) is 0 Å². The van der Waals surface area contributed by atoms with E-state index in [1.807, 2.05) is 11.8 Å². The first kappa shape index (κ1) is 9.66. The average Bonchev–Trinajstić information content (AvgIpc) is 2.16. The molecule has 0 saturated carbocycles. The third kappa shape index (κ3) is 2.04. The summed E-state index contributed by atoms with van der Waals surface area (Å²) in [5, 5.41) is 0. The van der Waals surface area contributed by atoms with Crippen LogP contribution in [0.4, 0.5) is 0 Å². The van der Waals surface area contributed by atoms with Crippen molar-refractivity contribution in [1.29, 1.82) is 0 Å². The molecule has 1 rings (SSSR count). The Morgan fingerprint density at radius 3 is 2.42 bits per heavy atom. The second-order valence-corrected chi connectivity index (χ2v) is 3.70. The molecule has 0 N–H and O–H groups in total. The summed E-state index contributed by atoms with van der Waals surface area (Å²) >= 11 is 1.85. The van der Waals surface area contributed by atoms with Crippen molar-refractivity contribution in [3.63, 3.8) is 0 Å². The van der Waals surface area contributed by atoms with Crippen LogP contribution < -0.4 is 0 Å². The van der Waals surface area contributed by atoms with Crippen LogP contribution >= 0.6 is 11.8 Å². The molecule has 0 atom stereocenters. The molecular weight excluding hydrogens is 164 g/mol. The zero-order valence-corrected chi connectivity index (χ0v) is 8.87. The largest absolute Gasteiger partial charge is 0.129 e. The third-order valence-corrected chi connectivity index (χ3v) is 2.96. The fraction of sp³-hybridized carbons (Fsp3) is 0.455. The number of benzene rings is 1. The maximum Gasteiger partial charge on any atom is 0.0104 e. The van der Waals surface area contributed by atoms with Gasteiger partial charge in [-0.1, -0.05) is 26.0 Å². The van der Waals surface area contributed by atoms with Crippen molar-refractivity contribution in [2.75, 3.05) is 6.26 Å². The molecule has 12 heavy (non-hydrogen) atoms. The first-order valence-corrected chi connectivity index (χ1v) is 5.70. The lowest BCUT2D eigenvalue weighted by atomic mass is 10.1. The summed E-state index contributed by atoms with van der Waals surface area (Å²) in [7, 11) is 0. The molecule has 0 nitrogen and oxygen atoms in total. The molecule has 0 radical (unpaired) electrons. The number of hydrogen-bond donors (Lipinski definition) is 0. The minimum Gasteiger partial charge on any atom is -0.129 e. The van der Waals surface area contributed by atoms with E-state index in [0.717, 1.165) is 12.8 Å². The minimum atomic E-state index is 1.14. The number of aryl methyl sites for hydroxylation is 2. The minimum absolute atomic E-state index is 1.14. The molecule has 1 aromatic carbocycles. The van der Waals surface area contributed by atoms with E-state index in [2.05, 4.69) is 38.3 Å². The highest BCUT2D eigenvalue weighted by molar-refractivity contribution is 7.98. The molecule has 0 aliphatic rings. The van der Waals surface area contributed by atoms with Crippen LogP contribution in [-0.2, 0) is 12.8 Å². The Morgan fingerprint density at radius 2 is 1.92 bits per heavy atom. The lowest BCUT2D eigenvalue weighted by molar-refractivity contribution is 1.05. The van der Waals surface area contributed by atoms with Gasteiger partial charge >= 0.3 is 0 Å². The maximum absolute atomic E-state index is 2.31. The van der Waals surface area contributed by atoms with Gasteiger partial charge in [0.1, 0.15) is 0 Å². The first-order chi connectivity index (χ1) is 5.81. The summed E-state index contributed by atoms with van der Waals surface area (Å²) < 4.78 is 0. The second-order valence-electron chi connectivity index (χ2n) is 2.85. The quantitative estimate of drug-likeness (QED) is 0.641. The van der Waals surface area contributed by atoms with E-state index in [4.69, 9.17) is 0 Å². The van der Waals surface area contributed by atoms with Crippen LogP contribution in [0.15, 0.2) is 23.1 Å². The summed E-state index contributed by atoms with van der Waals surface area (Å²) in [6.45, 7) is 4.41. The first-order valence-electron chi connectivity index (χ1n) is 4.47. The van der Waals surface area contributed by atoms with Crippen molar-refractivity contribution in [1.82, 2.24) is 0 Å². The van der Waals surface area contributed by atoms with E-state index >= 15 is 0 Å². The van der Waals surface area contributed by atoms with Crippen LogP contribution in [0.3, 0.4) is 0 Å². The topological polar surface area (TPSA) is 0 Å². The smallest absolute Gasteiger partial charge is 0.0104 e. The highest BCUT2D eigenvalue weighted by atomic mass is 32.2. The highest BCUT2D eigenvalue weighted by Crippen LogP contribution is 2.22. The Kier molecular flexibility index (Phi) is 3.67. The zero-order chi connectivity index (χ0) is 8.97. The number of hydrogen-bond acceptors (Lipinski definition) is 1. The molecule has 0 aliphatic heterocycles. The average molecular weight is 180 g/mol. The molecule has 0 spiro atoms. The molecule has 0 aliphatic carbocycles. The molecule has 0 heterocycles. The van der Waals surface area contributed by atoms with E-state index in [1.165, 1.54) is 16.0 Å². The van der Waals surface area contributed by atoms with Crippen LogP contribution in [0.5, 0.6) is 0 Å². The van der Waals surface area contributed by atoms with Crippen LogP contribution in [0.2, 0.25) is 0 Å². The Bertz CT molecular complexity index is 253. The van der Waals surface area contributed by atoms with Crippen molar-refractivity contribution in [2.45, 2.75) is 31.6 Å². The van der Waals surface area contributed by atoms with Gasteiger partial charge in [0.25, 0.3) is 0 Å². The molecule has 0 aromatic heterocycles. The van der Waals surface area contributed by atoms with Gasteiger partial charge in [-0.25, -0.2) is 0 Å². The summed E-state index contributed by atoms with van der Waals surface area (Å²) in [4.78, 5) is 1.44. The molecule has 66 valence electrons. The molecule has 0 amide bonds. The van der Waals surface area contributed by atoms with Crippen LogP contribution in [0.25, 0.3) is 0 Å². The lowest BCUT2D eigenvalue weighted by Gasteiger charge is -2.06. The fourth-order valence-corrected chi connectivity index (χ4v) is 2.04. The Balaban J connectivity index is 3.02. The number of rotatable bonds is 3. The van der Waals surface area contributed by atoms with Gasteiger partial charge in [-0.05, 0) is 36.3 Å². The Morgan fingerprint density at radius 1 is 1.17 bits per heavy atom. The maximum atomic E-state index is 2.31. The van der Waals surface area contributed by atoms with Crippen molar-refractivity contribution >= 4 is 11.8 Å². The second kappa shape index (κ2) is 4.56. The van der Waals surface area contributed by atoms with E-state index in [1.54, 1.807) is 0 Å². The molecule has 0 unspecified atom stereocenters. The SMILES string of the molecule is CCc1ccc(CC)c(SC)c1. The predicted molar refractivity (Wildman–Crippen MR) is 57.0 cm³/mol. The lowest BCUT2D eigenvalue weighted by Crippen LogP contribution is -1.87. The monoisotopic (exact) mass is 180 g/mol. The van der Waals surface area contributed by atoms with E-state index in [-0.39, 0.29) is 0 Å². The van der Waals surface area contributed by atoms with Gasteiger partial charge in [0, 0.05) is 4.90 Å². The summed E-state index contributed by atoms with van der Waals surface area (Å²) in [6, 6.07) is 6.80. The van der Waals surface area contributed by atoms with E-state index < -0.39 is 0 Å². The third-order valence-electron chi connectivity index (χ3n) is 2.14. The molecule has 0 bridgehead atoms. The predicted octanol–water partition coefficient (Wildman–Crippen LogP) is 3.53. The molecule has 1 heteroatoms. The molecule has 0 saturated heterocycles. The summed E-state index contributed by atoms with van der Waals surface area (Å²) in [5.74, 6) is 0. The van der Waals surface area contributed by atoms with Crippen LogP contribution in [0.1, 0.15) is 25.0 Å². The number of thioether (sulfide) groups is 1. The molecule has 0 fully saturated rings. The normalized spacial score (nSPS) is 10.2. The van der Waals surface area contributed by atoms with E-state index in [0.29, 0.717) is 0 Å². The summed E-state index contributed by atoms with van der Waals surface area (Å²) in [6.07, 6.45) is 4.42. The van der Waals surface area contributed by atoms with Crippen molar-refractivity contribution in [2.24, 2.45) is 0 Å². The van der Waals surface area contributed by atoms with Crippen molar-refractivity contribution < 1.29 is 0 Å². The Labute approximate surface area is 79.4 Å². The van der Waals surface area contributed by atoms with E-state index in [9.17, 15) is 0 Å². The summed E-state index contributed by atoms with van der Waals surface area (Å²) in [5.41, 5.74) is 2.91. The highest BCUT2D eigenvalue weighted by Gasteiger charge is 1.99. The van der Waals surface area contributed by atoms with Gasteiger partial charge in [-0.2, -0.15) is 0 Å². The van der Waals surface area contributed by atoms with Gasteiger partial charge in [-0.15, -0.1) is 11.8 Å². The van der Waals surface area contributed by atoms with Crippen LogP contribution in [-0.4, -0.2) is 6.26 Å². The molecular formula is C11H16S. The van der Waals surface area contributed by atoms with Gasteiger partial charge in [0.05, 0.1) is 0 Å². The van der Waals surface area contributed by atoms with Crippen LogP contribution in [0, 0.1) is 0 Å².